The molecule has 0 atom stereocenters. The summed E-state index contributed by atoms with van der Waals surface area (Å²) >= 11 is 0. The molecule has 0 bridgehead atoms. The Bertz CT molecular complexity index is 1520. The Morgan fingerprint density at radius 2 is 1.09 bits per heavy atom. The van der Waals surface area contributed by atoms with E-state index in [1.807, 2.05) is 60.7 Å². The minimum Gasteiger partial charge on any atom is -0.457 e. The van der Waals surface area contributed by atoms with Crippen LogP contribution < -0.4 is 26.6 Å². The average molecular weight is 463 g/mol. The van der Waals surface area contributed by atoms with Crippen LogP contribution in [0, 0.1) is 0 Å². The molecule has 5 rings (SSSR count). The van der Waals surface area contributed by atoms with Gasteiger partial charge < -0.3 is 25.4 Å². The lowest BCUT2D eigenvalue weighted by Crippen LogP contribution is -2.04. The predicted octanol–water partition coefficient (Wildman–Crippen LogP) is 6.72. The molecule has 0 fully saturated rings. The standard InChI is InChI=1S/C29H22N2O4/c30-21-3-1-5-25(17-21)34-23-11-7-19(8-12-23)27-15-16-33-29(32)28(27)20-9-13-24(14-10-20)35-26-6-2-4-22(31)18-26/h1-18H,30-31H2. The van der Waals surface area contributed by atoms with Crippen LogP contribution in [0.5, 0.6) is 23.0 Å². The Kier molecular flexibility index (Phi) is 5.92. The average Bonchev–Trinajstić information content (AvgIpc) is 2.85. The van der Waals surface area contributed by atoms with E-state index in [9.17, 15) is 4.79 Å². The Labute approximate surface area is 202 Å². The van der Waals surface area contributed by atoms with Crippen molar-refractivity contribution in [1.82, 2.24) is 0 Å². The summed E-state index contributed by atoms with van der Waals surface area (Å²) in [4.78, 5) is 12.7. The Morgan fingerprint density at radius 3 is 1.60 bits per heavy atom. The number of nitrogens with two attached hydrogens (primary N) is 2. The van der Waals surface area contributed by atoms with Crippen LogP contribution in [0.2, 0.25) is 0 Å². The third kappa shape index (κ3) is 5.02. The normalized spacial score (nSPS) is 10.6. The van der Waals surface area contributed by atoms with Gasteiger partial charge in [-0.1, -0.05) is 36.4 Å². The summed E-state index contributed by atoms with van der Waals surface area (Å²) in [5.41, 5.74) is 15.3. The molecule has 1 aromatic heterocycles. The van der Waals surface area contributed by atoms with Gasteiger partial charge in [-0.15, -0.1) is 0 Å². The summed E-state index contributed by atoms with van der Waals surface area (Å²) in [5, 5.41) is 0. The maximum atomic E-state index is 12.7. The van der Waals surface area contributed by atoms with Gasteiger partial charge in [-0.3, -0.25) is 0 Å². The van der Waals surface area contributed by atoms with Gasteiger partial charge in [0.1, 0.15) is 23.0 Å². The lowest BCUT2D eigenvalue weighted by molar-refractivity contribution is 0.482. The van der Waals surface area contributed by atoms with Crippen molar-refractivity contribution in [2.24, 2.45) is 0 Å². The van der Waals surface area contributed by atoms with E-state index in [1.54, 1.807) is 42.5 Å². The third-order valence-corrected chi connectivity index (χ3v) is 5.38. The van der Waals surface area contributed by atoms with Crippen molar-refractivity contribution in [3.63, 3.8) is 0 Å². The molecule has 5 aromatic rings. The minimum absolute atomic E-state index is 0.424. The first-order valence-electron chi connectivity index (χ1n) is 10.9. The Hall–Kier alpha value is -4.97. The molecule has 35 heavy (non-hydrogen) atoms. The molecule has 0 aliphatic rings. The topological polar surface area (TPSA) is 101 Å². The molecule has 0 radical (unpaired) electrons. The van der Waals surface area contributed by atoms with Crippen molar-refractivity contribution in [3.8, 4) is 45.3 Å². The second-order valence-corrected chi connectivity index (χ2v) is 7.89. The summed E-state index contributed by atoms with van der Waals surface area (Å²) in [7, 11) is 0. The summed E-state index contributed by atoms with van der Waals surface area (Å²) in [5.74, 6) is 2.58. The lowest BCUT2D eigenvalue weighted by Gasteiger charge is -2.11. The molecule has 0 spiro atoms. The first kappa shape index (κ1) is 21.9. The molecule has 0 saturated carbocycles. The van der Waals surface area contributed by atoms with Crippen LogP contribution in [-0.4, -0.2) is 0 Å². The maximum absolute atomic E-state index is 12.7. The van der Waals surface area contributed by atoms with E-state index in [4.69, 9.17) is 25.4 Å². The molecule has 1 heterocycles. The second kappa shape index (κ2) is 9.49. The van der Waals surface area contributed by atoms with E-state index < -0.39 is 5.63 Å². The van der Waals surface area contributed by atoms with Crippen LogP contribution in [0.3, 0.4) is 0 Å². The van der Waals surface area contributed by atoms with E-state index in [1.165, 1.54) is 6.26 Å². The summed E-state index contributed by atoms with van der Waals surface area (Å²) < 4.78 is 16.9. The number of anilines is 2. The van der Waals surface area contributed by atoms with E-state index in [0.717, 1.165) is 16.7 Å². The molecule has 0 saturated heterocycles. The number of nitrogen functional groups attached to an aromatic ring is 2. The molecule has 0 unspecified atom stereocenters. The highest BCUT2D eigenvalue weighted by molar-refractivity contribution is 5.82. The number of benzene rings is 4. The highest BCUT2D eigenvalue weighted by Crippen LogP contribution is 2.33. The van der Waals surface area contributed by atoms with Crippen LogP contribution in [-0.2, 0) is 0 Å². The van der Waals surface area contributed by atoms with Gasteiger partial charge in [0, 0.05) is 23.5 Å². The van der Waals surface area contributed by atoms with Crippen LogP contribution in [0.4, 0.5) is 11.4 Å². The summed E-state index contributed by atoms with van der Waals surface area (Å²) in [6, 6.07) is 31.0. The van der Waals surface area contributed by atoms with Crippen molar-refractivity contribution < 1.29 is 13.9 Å². The van der Waals surface area contributed by atoms with Gasteiger partial charge in [0.05, 0.1) is 11.8 Å². The quantitative estimate of drug-likeness (QED) is 0.272. The van der Waals surface area contributed by atoms with Crippen LogP contribution in [0.25, 0.3) is 22.3 Å². The Balaban J connectivity index is 1.41. The van der Waals surface area contributed by atoms with E-state index in [0.29, 0.717) is 39.9 Å². The van der Waals surface area contributed by atoms with Crippen molar-refractivity contribution >= 4 is 11.4 Å². The molecule has 4 N–H and O–H groups in total. The predicted molar refractivity (Wildman–Crippen MR) is 138 cm³/mol. The molecule has 6 heteroatoms. The zero-order valence-corrected chi connectivity index (χ0v) is 18.7. The third-order valence-electron chi connectivity index (χ3n) is 5.38. The van der Waals surface area contributed by atoms with Gasteiger partial charge in [0.2, 0.25) is 0 Å². The SMILES string of the molecule is Nc1cccc(Oc2ccc(-c3ccoc(=O)c3-c3ccc(Oc4cccc(N)c4)cc3)cc2)c1. The highest BCUT2D eigenvalue weighted by atomic mass is 16.5. The first-order chi connectivity index (χ1) is 17.0. The fourth-order valence-electron chi connectivity index (χ4n) is 3.75. The highest BCUT2D eigenvalue weighted by Gasteiger charge is 2.14. The lowest BCUT2D eigenvalue weighted by atomic mass is 9.97. The van der Waals surface area contributed by atoms with Crippen molar-refractivity contribution in [1.29, 1.82) is 0 Å². The fraction of sp³-hybridized carbons (Fsp3) is 0. The summed E-state index contributed by atoms with van der Waals surface area (Å²) in [6.45, 7) is 0. The molecule has 0 amide bonds. The smallest absolute Gasteiger partial charge is 0.344 e. The fourth-order valence-corrected chi connectivity index (χ4v) is 3.75. The van der Waals surface area contributed by atoms with E-state index in [2.05, 4.69) is 0 Å². The van der Waals surface area contributed by atoms with Gasteiger partial charge in [-0.05, 0) is 71.3 Å². The van der Waals surface area contributed by atoms with Gasteiger partial charge >= 0.3 is 5.63 Å². The molecule has 4 aromatic carbocycles. The van der Waals surface area contributed by atoms with Gasteiger partial charge in [-0.2, -0.15) is 0 Å². The molecular formula is C29H22N2O4. The first-order valence-corrected chi connectivity index (χ1v) is 10.9. The van der Waals surface area contributed by atoms with E-state index >= 15 is 0 Å². The van der Waals surface area contributed by atoms with Gasteiger partial charge in [0.15, 0.2) is 0 Å². The van der Waals surface area contributed by atoms with Crippen LogP contribution in [0.1, 0.15) is 0 Å². The number of rotatable bonds is 6. The molecule has 6 nitrogen and oxygen atoms in total. The van der Waals surface area contributed by atoms with Crippen molar-refractivity contribution in [2.75, 3.05) is 11.5 Å². The maximum Gasteiger partial charge on any atom is 0.344 e. The number of hydrogen-bond acceptors (Lipinski definition) is 6. The minimum atomic E-state index is -0.424. The molecule has 172 valence electrons. The Morgan fingerprint density at radius 1 is 0.571 bits per heavy atom. The van der Waals surface area contributed by atoms with Crippen molar-refractivity contribution in [3.05, 3.63) is 120 Å². The van der Waals surface area contributed by atoms with Crippen molar-refractivity contribution in [2.45, 2.75) is 0 Å². The van der Waals surface area contributed by atoms with Gasteiger partial charge in [-0.25, -0.2) is 4.79 Å². The molecule has 0 aliphatic carbocycles. The van der Waals surface area contributed by atoms with Crippen LogP contribution in [0.15, 0.2) is 119 Å². The van der Waals surface area contributed by atoms with Crippen LogP contribution >= 0.6 is 0 Å². The van der Waals surface area contributed by atoms with E-state index in [-0.39, 0.29) is 0 Å². The zero-order chi connectivity index (χ0) is 24.2. The number of ether oxygens (including phenoxy) is 2. The zero-order valence-electron chi connectivity index (χ0n) is 18.7. The summed E-state index contributed by atoms with van der Waals surface area (Å²) in [6.07, 6.45) is 1.40. The second-order valence-electron chi connectivity index (χ2n) is 7.89. The molecule has 0 aliphatic heterocycles. The monoisotopic (exact) mass is 462 g/mol. The van der Waals surface area contributed by atoms with Gasteiger partial charge in [0.25, 0.3) is 0 Å². The largest absolute Gasteiger partial charge is 0.457 e. The number of hydrogen-bond donors (Lipinski definition) is 2. The molecular weight excluding hydrogens is 440 g/mol.